The summed E-state index contributed by atoms with van der Waals surface area (Å²) >= 11 is 11.2. The number of carbonyl (C=O) groups excluding carboxylic acids is 3. The van der Waals surface area contributed by atoms with Crippen LogP contribution >= 0.6 is 23.2 Å². The molecule has 9 heteroatoms. The first kappa shape index (κ1) is 17.2. The molecule has 0 spiro atoms. The van der Waals surface area contributed by atoms with Crippen LogP contribution in [0.5, 0.6) is 0 Å². The molecule has 1 aromatic carbocycles. The van der Waals surface area contributed by atoms with Gasteiger partial charge in [-0.2, -0.15) is 0 Å². The lowest BCUT2D eigenvalue weighted by Crippen LogP contribution is -2.41. The zero-order chi connectivity index (χ0) is 16.0. The predicted molar refractivity (Wildman–Crippen MR) is 73.9 cm³/mol. The number of rotatable bonds is 4. The van der Waals surface area contributed by atoms with Crippen molar-refractivity contribution in [3.8, 4) is 0 Å². The number of esters is 1. The monoisotopic (exact) mass is 336 g/mol. The Morgan fingerprint density at radius 3 is 2.52 bits per heavy atom. The molecule has 2 N–H and O–H groups in total. The van der Waals surface area contributed by atoms with Gasteiger partial charge in [-0.15, -0.1) is 0 Å². The maximum atomic E-state index is 13.2. The third-order valence-electron chi connectivity index (χ3n) is 2.15. The Bertz CT molecular complexity index is 581. The van der Waals surface area contributed by atoms with Crippen molar-refractivity contribution in [2.45, 2.75) is 6.92 Å². The number of hydrogen-bond donors (Lipinski definition) is 2. The maximum Gasteiger partial charge on any atom is 0.340 e. The van der Waals surface area contributed by atoms with E-state index in [9.17, 15) is 18.8 Å². The van der Waals surface area contributed by atoms with Gasteiger partial charge in [0, 0.05) is 6.54 Å². The van der Waals surface area contributed by atoms with Crippen LogP contribution in [0.2, 0.25) is 10.0 Å². The summed E-state index contributed by atoms with van der Waals surface area (Å²) < 4.78 is 17.9. The summed E-state index contributed by atoms with van der Waals surface area (Å²) in [5.74, 6) is -2.69. The molecule has 0 heterocycles. The van der Waals surface area contributed by atoms with E-state index in [0.29, 0.717) is 6.54 Å². The summed E-state index contributed by atoms with van der Waals surface area (Å²) in [6.07, 6.45) is 0. The summed E-state index contributed by atoms with van der Waals surface area (Å²) in [5, 5.41) is 3.89. The van der Waals surface area contributed by atoms with Gasteiger partial charge in [0.15, 0.2) is 6.61 Å². The lowest BCUT2D eigenvalue weighted by Gasteiger charge is -2.07. The van der Waals surface area contributed by atoms with Crippen molar-refractivity contribution in [1.29, 1.82) is 0 Å². The van der Waals surface area contributed by atoms with E-state index in [1.54, 1.807) is 6.92 Å². The van der Waals surface area contributed by atoms with E-state index in [0.717, 1.165) is 12.1 Å². The summed E-state index contributed by atoms with van der Waals surface area (Å²) in [6.45, 7) is 1.29. The lowest BCUT2D eigenvalue weighted by molar-refractivity contribution is -0.123. The third-order valence-corrected chi connectivity index (χ3v) is 2.76. The molecule has 114 valence electrons. The van der Waals surface area contributed by atoms with E-state index in [1.807, 2.05) is 5.32 Å². The van der Waals surface area contributed by atoms with Gasteiger partial charge in [0.1, 0.15) is 5.82 Å². The van der Waals surface area contributed by atoms with Crippen LogP contribution in [0.1, 0.15) is 17.3 Å². The first-order valence-corrected chi connectivity index (χ1v) is 6.50. The Kier molecular flexibility index (Phi) is 6.39. The van der Waals surface area contributed by atoms with Crippen LogP contribution in [0.15, 0.2) is 12.1 Å². The minimum absolute atomic E-state index is 0.115. The Labute approximate surface area is 129 Å². The topological polar surface area (TPSA) is 84.5 Å². The van der Waals surface area contributed by atoms with E-state index < -0.39 is 30.3 Å². The van der Waals surface area contributed by atoms with E-state index in [4.69, 9.17) is 23.2 Å². The molecule has 6 nitrogen and oxygen atoms in total. The molecule has 0 aliphatic rings. The molecule has 0 saturated carbocycles. The van der Waals surface area contributed by atoms with E-state index in [2.05, 4.69) is 10.1 Å². The van der Waals surface area contributed by atoms with Gasteiger partial charge >= 0.3 is 12.0 Å². The van der Waals surface area contributed by atoms with Gasteiger partial charge in [0.2, 0.25) is 0 Å². The molecular formula is C12H11Cl2FN2O4. The summed E-state index contributed by atoms with van der Waals surface area (Å²) in [7, 11) is 0. The first-order chi connectivity index (χ1) is 9.85. The third kappa shape index (κ3) is 5.20. The number of nitrogens with one attached hydrogen (secondary N) is 2. The van der Waals surface area contributed by atoms with Crippen molar-refractivity contribution in [1.82, 2.24) is 10.6 Å². The Balaban J connectivity index is 2.60. The maximum absolute atomic E-state index is 13.2. The first-order valence-electron chi connectivity index (χ1n) is 5.74. The fraction of sp³-hybridized carbons (Fsp3) is 0.250. The number of urea groups is 1. The fourth-order valence-corrected chi connectivity index (χ4v) is 1.72. The van der Waals surface area contributed by atoms with Crippen LogP contribution in [0.25, 0.3) is 0 Å². The van der Waals surface area contributed by atoms with Crippen LogP contribution in [-0.4, -0.2) is 31.1 Å². The summed E-state index contributed by atoms with van der Waals surface area (Å²) in [6, 6.07) is 1.13. The van der Waals surface area contributed by atoms with Gasteiger partial charge in [-0.05, 0) is 19.1 Å². The Morgan fingerprint density at radius 1 is 1.24 bits per heavy atom. The number of hydrogen-bond acceptors (Lipinski definition) is 4. The number of imide groups is 1. The molecule has 0 aromatic heterocycles. The highest BCUT2D eigenvalue weighted by Crippen LogP contribution is 2.24. The molecule has 21 heavy (non-hydrogen) atoms. The largest absolute Gasteiger partial charge is 0.452 e. The number of carbonyl (C=O) groups is 3. The quantitative estimate of drug-likeness (QED) is 0.651. The zero-order valence-corrected chi connectivity index (χ0v) is 12.3. The Morgan fingerprint density at radius 2 is 1.90 bits per heavy atom. The van der Waals surface area contributed by atoms with Crippen LogP contribution in [0.3, 0.4) is 0 Å². The van der Waals surface area contributed by atoms with Crippen molar-refractivity contribution < 1.29 is 23.5 Å². The number of amides is 3. The number of benzene rings is 1. The molecule has 0 saturated heterocycles. The number of ether oxygens (including phenoxy) is 1. The molecule has 0 aliphatic carbocycles. The van der Waals surface area contributed by atoms with Gasteiger partial charge in [0.05, 0.1) is 15.6 Å². The van der Waals surface area contributed by atoms with Crippen LogP contribution in [0.4, 0.5) is 9.18 Å². The molecule has 0 fully saturated rings. The van der Waals surface area contributed by atoms with E-state index in [1.165, 1.54) is 0 Å². The van der Waals surface area contributed by atoms with Gasteiger partial charge < -0.3 is 10.1 Å². The van der Waals surface area contributed by atoms with Crippen molar-refractivity contribution in [3.05, 3.63) is 33.6 Å². The lowest BCUT2D eigenvalue weighted by atomic mass is 10.2. The predicted octanol–water partition coefficient (Wildman–Crippen LogP) is 2.14. The molecule has 1 aromatic rings. The van der Waals surface area contributed by atoms with Crippen molar-refractivity contribution >= 4 is 41.1 Å². The highest BCUT2D eigenvalue weighted by molar-refractivity contribution is 6.36. The summed E-state index contributed by atoms with van der Waals surface area (Å²) in [5.41, 5.74) is -0.274. The van der Waals surface area contributed by atoms with Gasteiger partial charge in [-0.1, -0.05) is 23.2 Å². The van der Waals surface area contributed by atoms with Gasteiger partial charge in [0.25, 0.3) is 5.91 Å². The summed E-state index contributed by atoms with van der Waals surface area (Å²) in [4.78, 5) is 34.0. The standard InChI is InChI=1S/C12H11Cl2FN2O4/c1-2-16-12(20)17-10(18)5-21-11(19)6-3-9(15)8(14)4-7(6)13/h3-4H,2,5H2,1H3,(H2,16,17,18,20). The van der Waals surface area contributed by atoms with Gasteiger partial charge in [-0.25, -0.2) is 14.0 Å². The molecule has 0 aliphatic heterocycles. The van der Waals surface area contributed by atoms with Crippen LogP contribution < -0.4 is 10.6 Å². The molecule has 1 rings (SSSR count). The molecule has 0 bridgehead atoms. The highest BCUT2D eigenvalue weighted by atomic mass is 35.5. The Hall–Kier alpha value is -1.86. The van der Waals surface area contributed by atoms with Crippen molar-refractivity contribution in [2.24, 2.45) is 0 Å². The van der Waals surface area contributed by atoms with E-state index >= 15 is 0 Å². The molecular weight excluding hydrogens is 326 g/mol. The second-order valence-corrected chi connectivity index (χ2v) is 4.54. The normalized spacial score (nSPS) is 9.90. The highest BCUT2D eigenvalue weighted by Gasteiger charge is 2.17. The van der Waals surface area contributed by atoms with Crippen LogP contribution in [-0.2, 0) is 9.53 Å². The minimum atomic E-state index is -1.01. The fourth-order valence-electron chi connectivity index (χ4n) is 1.26. The number of halogens is 3. The average molecular weight is 337 g/mol. The second-order valence-electron chi connectivity index (χ2n) is 3.73. The van der Waals surface area contributed by atoms with E-state index in [-0.39, 0.29) is 15.6 Å². The second kappa shape index (κ2) is 7.80. The van der Waals surface area contributed by atoms with Crippen LogP contribution in [0, 0.1) is 5.82 Å². The SMILES string of the molecule is CCNC(=O)NC(=O)COC(=O)c1cc(F)c(Cl)cc1Cl. The van der Waals surface area contributed by atoms with Gasteiger partial charge in [-0.3, -0.25) is 10.1 Å². The molecule has 0 atom stereocenters. The average Bonchev–Trinajstić information content (AvgIpc) is 2.40. The van der Waals surface area contributed by atoms with Crippen molar-refractivity contribution in [2.75, 3.05) is 13.2 Å². The molecule has 3 amide bonds. The smallest absolute Gasteiger partial charge is 0.340 e. The molecule has 0 radical (unpaired) electrons. The minimum Gasteiger partial charge on any atom is -0.452 e. The zero-order valence-electron chi connectivity index (χ0n) is 10.8. The molecule has 0 unspecified atom stereocenters. The van der Waals surface area contributed by atoms with Crippen molar-refractivity contribution in [3.63, 3.8) is 0 Å².